The molecule has 2 aromatic heterocycles. The van der Waals surface area contributed by atoms with Crippen molar-refractivity contribution in [3.05, 3.63) is 66.1 Å². The summed E-state index contributed by atoms with van der Waals surface area (Å²) in [6, 6.07) is 11.0. The summed E-state index contributed by atoms with van der Waals surface area (Å²) in [4.78, 5) is 14.4. The van der Waals surface area contributed by atoms with Gasteiger partial charge in [-0.05, 0) is 49.2 Å². The highest BCUT2D eigenvalue weighted by atomic mass is 19.4. The predicted octanol–water partition coefficient (Wildman–Crippen LogP) is 3.90. The molecule has 0 saturated carbocycles. The molecule has 1 atom stereocenters. The van der Waals surface area contributed by atoms with E-state index >= 15 is 0 Å². The Hall–Kier alpha value is -3.10. The summed E-state index contributed by atoms with van der Waals surface area (Å²) < 4.78 is 44.7. The Kier molecular flexibility index (Phi) is 4.66. The number of benzene rings is 1. The maximum atomic E-state index is 12.8. The Morgan fingerprint density at radius 2 is 1.82 bits per heavy atom. The molecule has 4 rings (SSSR count). The van der Waals surface area contributed by atoms with Gasteiger partial charge in [0, 0.05) is 36.7 Å². The van der Waals surface area contributed by atoms with E-state index in [4.69, 9.17) is 4.42 Å². The average molecular weight is 390 g/mol. The lowest BCUT2D eigenvalue weighted by molar-refractivity contribution is -0.157. The first-order valence-electron chi connectivity index (χ1n) is 8.85. The van der Waals surface area contributed by atoms with Gasteiger partial charge < -0.3 is 13.9 Å². The van der Waals surface area contributed by atoms with Gasteiger partial charge in [-0.15, -0.1) is 10.2 Å². The van der Waals surface area contributed by atoms with E-state index in [1.807, 2.05) is 41.2 Å². The van der Waals surface area contributed by atoms with Crippen LogP contribution in [0.3, 0.4) is 0 Å². The van der Waals surface area contributed by atoms with Gasteiger partial charge in [0.05, 0.1) is 5.92 Å². The number of hydrogen-bond donors (Lipinski definition) is 0. The van der Waals surface area contributed by atoms with Crippen molar-refractivity contribution in [1.82, 2.24) is 19.7 Å². The molecule has 1 saturated heterocycles. The van der Waals surface area contributed by atoms with Crippen LogP contribution in [0.5, 0.6) is 0 Å². The SMILES string of the molecule is O=C(c1ccc(-n2cccc2)cc1)N1CCCC(c2nnc(C(F)(F)F)o2)C1. The van der Waals surface area contributed by atoms with E-state index in [1.165, 1.54) is 0 Å². The number of alkyl halides is 3. The molecule has 0 radical (unpaired) electrons. The Bertz CT molecular complexity index is 948. The molecule has 9 heteroatoms. The maximum Gasteiger partial charge on any atom is 0.470 e. The van der Waals surface area contributed by atoms with E-state index in [9.17, 15) is 18.0 Å². The summed E-state index contributed by atoms with van der Waals surface area (Å²) in [7, 11) is 0. The normalized spacial score (nSPS) is 17.7. The first-order valence-corrected chi connectivity index (χ1v) is 8.85. The quantitative estimate of drug-likeness (QED) is 0.681. The number of halogens is 3. The second-order valence-corrected chi connectivity index (χ2v) is 6.67. The van der Waals surface area contributed by atoms with Gasteiger partial charge in [0.2, 0.25) is 5.89 Å². The largest absolute Gasteiger partial charge is 0.470 e. The molecule has 1 fully saturated rings. The van der Waals surface area contributed by atoms with E-state index in [1.54, 1.807) is 17.0 Å². The van der Waals surface area contributed by atoms with E-state index in [2.05, 4.69) is 10.2 Å². The van der Waals surface area contributed by atoms with Crippen LogP contribution in [0, 0.1) is 0 Å². The third-order valence-electron chi connectivity index (χ3n) is 4.76. The second-order valence-electron chi connectivity index (χ2n) is 6.67. The van der Waals surface area contributed by atoms with Crippen LogP contribution in [-0.2, 0) is 6.18 Å². The molecule has 1 aromatic carbocycles. The first-order chi connectivity index (χ1) is 13.4. The predicted molar refractivity (Wildman–Crippen MR) is 92.9 cm³/mol. The lowest BCUT2D eigenvalue weighted by Gasteiger charge is -2.31. The monoisotopic (exact) mass is 390 g/mol. The number of carbonyl (C=O) groups excluding carboxylic acids is 1. The number of rotatable bonds is 3. The topological polar surface area (TPSA) is 64.2 Å². The van der Waals surface area contributed by atoms with Gasteiger partial charge in [-0.1, -0.05) is 0 Å². The number of piperidine rings is 1. The molecule has 1 aliphatic heterocycles. The summed E-state index contributed by atoms with van der Waals surface area (Å²) in [6.45, 7) is 0.784. The first kappa shape index (κ1) is 18.3. The molecule has 146 valence electrons. The van der Waals surface area contributed by atoms with Gasteiger partial charge >= 0.3 is 12.1 Å². The summed E-state index contributed by atoms with van der Waals surface area (Å²) in [6.07, 6.45) is 0.394. The van der Waals surface area contributed by atoms with Crippen LogP contribution in [0.2, 0.25) is 0 Å². The van der Waals surface area contributed by atoms with Crippen molar-refractivity contribution >= 4 is 5.91 Å². The highest BCUT2D eigenvalue weighted by molar-refractivity contribution is 5.94. The van der Waals surface area contributed by atoms with Crippen molar-refractivity contribution < 1.29 is 22.4 Å². The van der Waals surface area contributed by atoms with Crippen LogP contribution in [0.25, 0.3) is 5.69 Å². The zero-order chi connectivity index (χ0) is 19.7. The van der Waals surface area contributed by atoms with E-state index in [-0.39, 0.29) is 18.3 Å². The third kappa shape index (κ3) is 3.64. The summed E-state index contributed by atoms with van der Waals surface area (Å²) in [5, 5.41) is 6.61. The standard InChI is InChI=1S/C19H17F3N4O2/c20-19(21,22)18-24-23-16(28-18)14-4-3-11-26(12-14)17(27)13-5-7-15(8-6-13)25-9-1-2-10-25/h1-2,5-10,14H,3-4,11-12H2. The molecule has 0 spiro atoms. The Balaban J connectivity index is 1.47. The van der Waals surface area contributed by atoms with E-state index in [0.29, 0.717) is 24.9 Å². The van der Waals surface area contributed by atoms with Crippen molar-refractivity contribution in [3.8, 4) is 5.69 Å². The lowest BCUT2D eigenvalue weighted by atomic mass is 9.97. The fraction of sp³-hybridized carbons (Fsp3) is 0.316. The number of likely N-dealkylation sites (tertiary alicyclic amines) is 1. The molecule has 3 aromatic rings. The van der Waals surface area contributed by atoms with Gasteiger partial charge in [-0.2, -0.15) is 13.2 Å². The highest BCUT2D eigenvalue weighted by Gasteiger charge is 2.39. The fourth-order valence-electron chi connectivity index (χ4n) is 3.34. The van der Waals surface area contributed by atoms with E-state index in [0.717, 1.165) is 5.69 Å². The summed E-state index contributed by atoms with van der Waals surface area (Å²) in [5.41, 5.74) is 1.46. The fourth-order valence-corrected chi connectivity index (χ4v) is 3.34. The molecule has 0 N–H and O–H groups in total. The molecule has 6 nitrogen and oxygen atoms in total. The molecule has 0 bridgehead atoms. The molecular formula is C19H17F3N4O2. The summed E-state index contributed by atoms with van der Waals surface area (Å²) >= 11 is 0. The van der Waals surface area contributed by atoms with Gasteiger partial charge in [0.15, 0.2) is 0 Å². The second kappa shape index (κ2) is 7.14. The van der Waals surface area contributed by atoms with Crippen molar-refractivity contribution in [3.63, 3.8) is 0 Å². The molecule has 3 heterocycles. The van der Waals surface area contributed by atoms with Crippen LogP contribution in [0.1, 0.15) is 40.9 Å². The van der Waals surface area contributed by atoms with Gasteiger partial charge in [-0.3, -0.25) is 4.79 Å². The summed E-state index contributed by atoms with van der Waals surface area (Å²) in [5.74, 6) is -2.00. The zero-order valence-electron chi connectivity index (χ0n) is 14.8. The molecule has 1 unspecified atom stereocenters. The van der Waals surface area contributed by atoms with Gasteiger partial charge in [-0.25, -0.2) is 0 Å². The van der Waals surface area contributed by atoms with Crippen LogP contribution in [0.15, 0.2) is 53.2 Å². The molecular weight excluding hydrogens is 373 g/mol. The lowest BCUT2D eigenvalue weighted by Crippen LogP contribution is -2.39. The minimum absolute atomic E-state index is 0.0761. The van der Waals surface area contributed by atoms with Crippen molar-refractivity contribution in [1.29, 1.82) is 0 Å². The van der Waals surface area contributed by atoms with Crippen molar-refractivity contribution in [2.75, 3.05) is 13.1 Å². The van der Waals surface area contributed by atoms with Crippen LogP contribution < -0.4 is 0 Å². The smallest absolute Gasteiger partial charge is 0.417 e. The Morgan fingerprint density at radius 1 is 1.11 bits per heavy atom. The average Bonchev–Trinajstić information content (AvgIpc) is 3.39. The van der Waals surface area contributed by atoms with E-state index < -0.39 is 18.0 Å². The number of nitrogens with zero attached hydrogens (tertiary/aromatic N) is 4. The van der Waals surface area contributed by atoms with Crippen LogP contribution in [0.4, 0.5) is 13.2 Å². The molecule has 28 heavy (non-hydrogen) atoms. The molecule has 1 amide bonds. The highest BCUT2D eigenvalue weighted by Crippen LogP contribution is 2.32. The number of carbonyl (C=O) groups is 1. The molecule has 0 aliphatic carbocycles. The van der Waals surface area contributed by atoms with Gasteiger partial charge in [0.1, 0.15) is 0 Å². The number of hydrogen-bond acceptors (Lipinski definition) is 4. The number of aromatic nitrogens is 3. The Labute approximate surface area is 158 Å². The number of amides is 1. The Morgan fingerprint density at radius 3 is 2.46 bits per heavy atom. The van der Waals surface area contributed by atoms with Crippen LogP contribution in [-0.4, -0.2) is 38.7 Å². The van der Waals surface area contributed by atoms with Crippen molar-refractivity contribution in [2.45, 2.75) is 24.9 Å². The zero-order valence-corrected chi connectivity index (χ0v) is 14.8. The van der Waals surface area contributed by atoms with Gasteiger partial charge in [0.25, 0.3) is 5.91 Å². The van der Waals surface area contributed by atoms with Crippen LogP contribution >= 0.6 is 0 Å². The van der Waals surface area contributed by atoms with Crippen molar-refractivity contribution in [2.24, 2.45) is 0 Å². The minimum Gasteiger partial charge on any atom is -0.417 e. The molecule has 1 aliphatic rings. The maximum absolute atomic E-state index is 12.8. The third-order valence-corrected chi connectivity index (χ3v) is 4.76. The minimum atomic E-state index is -4.67.